The molecule has 0 rings (SSSR count). The zero-order valence-corrected chi connectivity index (χ0v) is 22.6. The molecule has 0 fully saturated rings. The summed E-state index contributed by atoms with van der Waals surface area (Å²) in [6, 6.07) is 0. The number of ketones is 3. The van der Waals surface area contributed by atoms with Crippen LogP contribution in [0.1, 0.15) is 168 Å². The Hall–Kier alpha value is -0.990. The van der Waals surface area contributed by atoms with Gasteiger partial charge in [0.15, 0.2) is 5.78 Å². The zero-order valence-electron chi connectivity index (χ0n) is 22.6. The molecule has 0 aromatic rings. The molecule has 1 atom stereocenters. The van der Waals surface area contributed by atoms with E-state index < -0.39 is 5.92 Å². The fourth-order valence-corrected chi connectivity index (χ4v) is 4.56. The van der Waals surface area contributed by atoms with E-state index in [2.05, 4.69) is 20.8 Å². The summed E-state index contributed by atoms with van der Waals surface area (Å²) in [7, 11) is 0. The van der Waals surface area contributed by atoms with Crippen LogP contribution in [0.15, 0.2) is 0 Å². The van der Waals surface area contributed by atoms with E-state index in [9.17, 15) is 14.4 Å². The number of Topliss-reactive ketones (excluding diaryl/α,β-unsaturated/α-hetero) is 3. The zero-order chi connectivity index (χ0) is 24.6. The number of carbonyl (C=O) groups is 3. The normalized spacial score (nSPS) is 12.1. The van der Waals surface area contributed by atoms with E-state index in [0.717, 1.165) is 51.4 Å². The van der Waals surface area contributed by atoms with Crippen molar-refractivity contribution in [3.8, 4) is 0 Å². The summed E-state index contributed by atoms with van der Waals surface area (Å²) in [6.45, 7) is 6.63. The number of hydrogen-bond donors (Lipinski definition) is 0. The second kappa shape index (κ2) is 24.1. The van der Waals surface area contributed by atoms with Crippen LogP contribution >= 0.6 is 0 Å². The summed E-state index contributed by atoms with van der Waals surface area (Å²) in [5.41, 5.74) is 0. The fourth-order valence-electron chi connectivity index (χ4n) is 4.56. The van der Waals surface area contributed by atoms with Crippen LogP contribution in [0.4, 0.5) is 0 Å². The van der Waals surface area contributed by atoms with Gasteiger partial charge in [0.2, 0.25) is 5.78 Å². The van der Waals surface area contributed by atoms with Crippen molar-refractivity contribution in [3.05, 3.63) is 0 Å². The average molecular weight is 465 g/mol. The Morgan fingerprint density at radius 1 is 0.455 bits per heavy atom. The number of rotatable bonds is 26. The predicted octanol–water partition coefficient (Wildman–Crippen LogP) is 9.34. The van der Waals surface area contributed by atoms with Crippen LogP contribution in [0.5, 0.6) is 0 Å². The Bertz CT molecular complexity index is 483. The number of unbranched alkanes of at least 4 members (excludes halogenated alkanes) is 17. The second-order valence-electron chi connectivity index (χ2n) is 10.1. The molecule has 0 heterocycles. The van der Waals surface area contributed by atoms with Gasteiger partial charge in [-0.25, -0.2) is 0 Å². The van der Waals surface area contributed by atoms with E-state index in [1.807, 2.05) is 0 Å². The van der Waals surface area contributed by atoms with Crippen molar-refractivity contribution < 1.29 is 14.4 Å². The smallest absolute Gasteiger partial charge is 0.208 e. The molecular formula is C30H56O3. The molecule has 0 spiro atoms. The first-order valence-electron chi connectivity index (χ1n) is 14.7. The molecule has 0 amide bonds. The van der Waals surface area contributed by atoms with Gasteiger partial charge in [-0.15, -0.1) is 0 Å². The van der Waals surface area contributed by atoms with Crippen molar-refractivity contribution in [2.45, 2.75) is 168 Å². The third-order valence-corrected chi connectivity index (χ3v) is 6.86. The molecule has 0 radical (unpaired) electrons. The Kier molecular flexibility index (Phi) is 23.4. The lowest BCUT2D eigenvalue weighted by Gasteiger charge is -2.14. The minimum absolute atomic E-state index is 0.0232. The molecule has 0 bridgehead atoms. The van der Waals surface area contributed by atoms with E-state index in [1.54, 1.807) is 0 Å². The Labute approximate surface area is 206 Å². The van der Waals surface area contributed by atoms with Gasteiger partial charge in [0, 0.05) is 12.8 Å². The summed E-state index contributed by atoms with van der Waals surface area (Å²) in [6.07, 6.45) is 24.2. The van der Waals surface area contributed by atoms with Gasteiger partial charge in [-0.3, -0.25) is 14.4 Å². The highest BCUT2D eigenvalue weighted by atomic mass is 16.2. The van der Waals surface area contributed by atoms with Crippen molar-refractivity contribution in [2.24, 2.45) is 5.92 Å². The Balaban J connectivity index is 4.45. The molecule has 3 nitrogen and oxygen atoms in total. The van der Waals surface area contributed by atoms with Gasteiger partial charge >= 0.3 is 0 Å². The van der Waals surface area contributed by atoms with Crippen LogP contribution in [0.25, 0.3) is 0 Å². The highest BCUT2D eigenvalue weighted by Crippen LogP contribution is 2.20. The van der Waals surface area contributed by atoms with Gasteiger partial charge in [0.25, 0.3) is 0 Å². The highest BCUT2D eigenvalue weighted by Gasteiger charge is 2.29. The van der Waals surface area contributed by atoms with Crippen LogP contribution in [-0.2, 0) is 14.4 Å². The molecule has 0 aromatic carbocycles. The summed E-state index contributed by atoms with van der Waals surface area (Å²) >= 11 is 0. The lowest BCUT2D eigenvalue weighted by molar-refractivity contribution is -0.143. The summed E-state index contributed by atoms with van der Waals surface area (Å²) in [4.78, 5) is 38.4. The van der Waals surface area contributed by atoms with E-state index in [-0.39, 0.29) is 17.3 Å². The predicted molar refractivity (Wildman–Crippen MR) is 142 cm³/mol. The van der Waals surface area contributed by atoms with E-state index >= 15 is 0 Å². The van der Waals surface area contributed by atoms with E-state index in [0.29, 0.717) is 19.3 Å². The lowest BCUT2D eigenvalue weighted by atomic mass is 9.86. The second-order valence-corrected chi connectivity index (χ2v) is 10.1. The largest absolute Gasteiger partial charge is 0.299 e. The quantitative estimate of drug-likeness (QED) is 0.0727. The fraction of sp³-hybridized carbons (Fsp3) is 0.900. The van der Waals surface area contributed by atoms with Crippen molar-refractivity contribution in [1.82, 2.24) is 0 Å². The molecule has 0 saturated carbocycles. The standard InChI is InChI=1S/C30H56O3/c1-4-7-10-13-16-19-22-25-28(31)27(24-21-18-15-12-9-6-3)30(33)29(32)26-23-20-17-14-11-8-5-2/h27H,4-26H2,1-3H3. The molecule has 0 aromatic heterocycles. The highest BCUT2D eigenvalue weighted by molar-refractivity contribution is 6.41. The minimum Gasteiger partial charge on any atom is -0.299 e. The summed E-state index contributed by atoms with van der Waals surface area (Å²) in [5.74, 6) is -1.33. The van der Waals surface area contributed by atoms with Gasteiger partial charge in [-0.05, 0) is 19.3 Å². The topological polar surface area (TPSA) is 51.2 Å². The number of carbonyl (C=O) groups excluding carboxylic acids is 3. The van der Waals surface area contributed by atoms with Crippen molar-refractivity contribution in [1.29, 1.82) is 0 Å². The molecule has 3 heteroatoms. The van der Waals surface area contributed by atoms with Crippen LogP contribution in [0.3, 0.4) is 0 Å². The average Bonchev–Trinajstić information content (AvgIpc) is 2.81. The van der Waals surface area contributed by atoms with Gasteiger partial charge in [0.05, 0.1) is 5.92 Å². The minimum atomic E-state index is -0.673. The van der Waals surface area contributed by atoms with E-state index in [1.165, 1.54) is 77.0 Å². The molecule has 0 aliphatic rings. The molecule has 0 N–H and O–H groups in total. The maximum atomic E-state index is 12.9. The Morgan fingerprint density at radius 2 is 0.818 bits per heavy atom. The van der Waals surface area contributed by atoms with Crippen molar-refractivity contribution >= 4 is 17.3 Å². The SMILES string of the molecule is CCCCCCCCCC(=O)C(=O)C(CCCCCCCC)C(=O)CCCCCCCCC. The monoisotopic (exact) mass is 464 g/mol. The van der Waals surface area contributed by atoms with Crippen molar-refractivity contribution in [2.75, 3.05) is 0 Å². The molecule has 0 aliphatic heterocycles. The Morgan fingerprint density at radius 3 is 1.27 bits per heavy atom. The lowest BCUT2D eigenvalue weighted by Crippen LogP contribution is -2.30. The van der Waals surface area contributed by atoms with Crippen LogP contribution in [0.2, 0.25) is 0 Å². The van der Waals surface area contributed by atoms with Gasteiger partial charge in [0.1, 0.15) is 5.78 Å². The molecule has 0 aliphatic carbocycles. The molecular weight excluding hydrogens is 408 g/mol. The maximum absolute atomic E-state index is 12.9. The summed E-state index contributed by atoms with van der Waals surface area (Å²) in [5, 5.41) is 0. The van der Waals surface area contributed by atoms with Crippen LogP contribution in [-0.4, -0.2) is 17.3 Å². The van der Waals surface area contributed by atoms with Gasteiger partial charge in [-0.1, -0.05) is 136 Å². The molecule has 194 valence electrons. The summed E-state index contributed by atoms with van der Waals surface area (Å²) < 4.78 is 0. The van der Waals surface area contributed by atoms with Crippen LogP contribution in [0, 0.1) is 5.92 Å². The maximum Gasteiger partial charge on any atom is 0.208 e. The molecule has 33 heavy (non-hydrogen) atoms. The number of hydrogen-bond acceptors (Lipinski definition) is 3. The third-order valence-electron chi connectivity index (χ3n) is 6.86. The van der Waals surface area contributed by atoms with E-state index in [4.69, 9.17) is 0 Å². The first kappa shape index (κ1) is 32.0. The van der Waals surface area contributed by atoms with Crippen molar-refractivity contribution in [3.63, 3.8) is 0 Å². The van der Waals surface area contributed by atoms with Crippen LogP contribution < -0.4 is 0 Å². The van der Waals surface area contributed by atoms with Gasteiger partial charge < -0.3 is 0 Å². The first-order chi connectivity index (χ1) is 16.1. The van der Waals surface area contributed by atoms with Gasteiger partial charge in [-0.2, -0.15) is 0 Å². The molecule has 1 unspecified atom stereocenters. The third kappa shape index (κ3) is 19.1. The first-order valence-corrected chi connectivity index (χ1v) is 14.7. The molecule has 0 saturated heterocycles.